The zero-order valence-electron chi connectivity index (χ0n) is 11.1. The Balaban J connectivity index is 0.00000361. The smallest absolute Gasteiger partial charge is 0.357 e. The first-order valence-corrected chi connectivity index (χ1v) is 5.79. The van der Waals surface area contributed by atoms with E-state index < -0.39 is 12.6 Å². The predicted octanol–water partition coefficient (Wildman–Crippen LogP) is 2.00. The lowest BCUT2D eigenvalue weighted by atomic mass is 10.4. The van der Waals surface area contributed by atoms with Gasteiger partial charge >= 0.3 is 6.18 Å². The lowest BCUT2D eigenvalue weighted by Crippen LogP contribution is -2.38. The molecule has 0 aliphatic carbocycles. The van der Waals surface area contributed by atoms with Crippen molar-refractivity contribution in [3.05, 3.63) is 11.7 Å². The van der Waals surface area contributed by atoms with Gasteiger partial charge in [0.15, 0.2) is 11.8 Å². The summed E-state index contributed by atoms with van der Waals surface area (Å²) in [5.74, 6) is 1.08. The average molecular weight is 407 g/mol. The lowest BCUT2D eigenvalue weighted by molar-refractivity contribution is -0.132. The van der Waals surface area contributed by atoms with Crippen LogP contribution in [0.2, 0.25) is 0 Å². The van der Waals surface area contributed by atoms with Crippen molar-refractivity contribution >= 4 is 29.9 Å². The first-order chi connectivity index (χ1) is 8.90. The minimum Gasteiger partial charge on any atom is -0.357 e. The maximum atomic E-state index is 12.0. The maximum Gasteiger partial charge on any atom is 0.390 e. The fraction of sp³-hybridized carbons (Fsp3) is 0.700. The SMILES string of the molecule is CCNC(=NCc1noc(C)n1)NCCC(F)(F)F.I. The van der Waals surface area contributed by atoms with E-state index in [0.29, 0.717) is 18.3 Å². The fourth-order valence-electron chi connectivity index (χ4n) is 1.22. The molecule has 6 nitrogen and oxygen atoms in total. The Kier molecular flexibility index (Phi) is 8.49. The highest BCUT2D eigenvalue weighted by molar-refractivity contribution is 14.0. The van der Waals surface area contributed by atoms with Crippen molar-refractivity contribution in [2.45, 2.75) is 33.0 Å². The van der Waals surface area contributed by atoms with Crippen molar-refractivity contribution in [1.82, 2.24) is 20.8 Å². The molecular weight excluding hydrogens is 390 g/mol. The van der Waals surface area contributed by atoms with Gasteiger partial charge in [-0.3, -0.25) is 0 Å². The summed E-state index contributed by atoms with van der Waals surface area (Å²) >= 11 is 0. The first kappa shape index (κ1) is 18.9. The Bertz CT molecular complexity index is 421. The van der Waals surface area contributed by atoms with E-state index in [9.17, 15) is 13.2 Å². The third-order valence-corrected chi connectivity index (χ3v) is 1.99. The lowest BCUT2D eigenvalue weighted by Gasteiger charge is -2.11. The fourth-order valence-corrected chi connectivity index (χ4v) is 1.22. The molecule has 1 rings (SSSR count). The van der Waals surface area contributed by atoms with Gasteiger partial charge in [-0.2, -0.15) is 18.2 Å². The van der Waals surface area contributed by atoms with Crippen LogP contribution in [0.3, 0.4) is 0 Å². The van der Waals surface area contributed by atoms with Crippen LogP contribution in [-0.4, -0.2) is 35.4 Å². The molecule has 0 saturated heterocycles. The van der Waals surface area contributed by atoms with Gasteiger partial charge in [-0.05, 0) is 6.92 Å². The number of aryl methyl sites for hydroxylation is 1. The molecule has 2 N–H and O–H groups in total. The van der Waals surface area contributed by atoms with Crippen LogP contribution < -0.4 is 10.6 Å². The number of hydrogen-bond donors (Lipinski definition) is 2. The molecule has 1 aromatic heterocycles. The Morgan fingerprint density at radius 2 is 2.05 bits per heavy atom. The van der Waals surface area contributed by atoms with Crippen LogP contribution in [0.5, 0.6) is 0 Å². The standard InChI is InChI=1S/C10H16F3N5O.HI/c1-3-14-9(15-5-4-10(11,12)13)16-6-8-17-7(2)19-18-8;/h3-6H2,1-2H3,(H2,14,15,16);1H. The molecule has 0 bridgehead atoms. The van der Waals surface area contributed by atoms with E-state index in [1.807, 2.05) is 6.92 Å². The number of halogens is 4. The van der Waals surface area contributed by atoms with Crippen LogP contribution in [0, 0.1) is 6.92 Å². The molecule has 0 unspecified atom stereocenters. The van der Waals surface area contributed by atoms with Crippen LogP contribution in [0.15, 0.2) is 9.52 Å². The molecular formula is C10H17F3IN5O. The summed E-state index contributed by atoms with van der Waals surface area (Å²) in [5.41, 5.74) is 0. The number of aromatic nitrogens is 2. The number of alkyl halides is 3. The van der Waals surface area contributed by atoms with Crippen molar-refractivity contribution in [3.63, 3.8) is 0 Å². The summed E-state index contributed by atoms with van der Waals surface area (Å²) in [6.07, 6.45) is -5.10. The quantitative estimate of drug-likeness (QED) is 0.444. The Labute approximate surface area is 131 Å². The molecule has 0 atom stereocenters. The molecule has 0 aliphatic rings. The normalized spacial score (nSPS) is 11.9. The minimum atomic E-state index is -4.19. The number of rotatable bonds is 5. The van der Waals surface area contributed by atoms with Gasteiger partial charge in [-0.1, -0.05) is 5.16 Å². The van der Waals surface area contributed by atoms with Crippen molar-refractivity contribution in [3.8, 4) is 0 Å². The zero-order valence-corrected chi connectivity index (χ0v) is 13.5. The van der Waals surface area contributed by atoms with Gasteiger partial charge in [-0.15, -0.1) is 24.0 Å². The molecule has 0 saturated carbocycles. The number of hydrogen-bond acceptors (Lipinski definition) is 4. The van der Waals surface area contributed by atoms with Gasteiger partial charge in [0.05, 0.1) is 6.42 Å². The summed E-state index contributed by atoms with van der Waals surface area (Å²) in [6.45, 7) is 3.91. The van der Waals surface area contributed by atoms with E-state index in [-0.39, 0.29) is 43.0 Å². The Morgan fingerprint density at radius 1 is 1.35 bits per heavy atom. The van der Waals surface area contributed by atoms with Crippen molar-refractivity contribution in [2.75, 3.05) is 13.1 Å². The second kappa shape index (κ2) is 8.97. The molecule has 116 valence electrons. The van der Waals surface area contributed by atoms with Gasteiger partial charge in [0.1, 0.15) is 6.54 Å². The van der Waals surface area contributed by atoms with Crippen LogP contribution >= 0.6 is 24.0 Å². The second-order valence-electron chi connectivity index (χ2n) is 3.72. The predicted molar refractivity (Wildman–Crippen MR) is 77.9 cm³/mol. The molecule has 1 heterocycles. The molecule has 0 radical (unpaired) electrons. The van der Waals surface area contributed by atoms with Crippen LogP contribution in [-0.2, 0) is 6.54 Å². The summed E-state index contributed by atoms with van der Waals surface area (Å²) < 4.78 is 40.8. The van der Waals surface area contributed by atoms with Crippen LogP contribution in [0.1, 0.15) is 25.1 Å². The van der Waals surface area contributed by atoms with Crippen molar-refractivity contribution < 1.29 is 17.7 Å². The van der Waals surface area contributed by atoms with E-state index in [2.05, 4.69) is 25.8 Å². The third-order valence-electron chi connectivity index (χ3n) is 1.99. The zero-order chi connectivity index (χ0) is 14.3. The second-order valence-corrected chi connectivity index (χ2v) is 3.72. The third kappa shape index (κ3) is 8.17. The monoisotopic (exact) mass is 407 g/mol. The van der Waals surface area contributed by atoms with E-state index >= 15 is 0 Å². The highest BCUT2D eigenvalue weighted by atomic mass is 127. The molecule has 10 heteroatoms. The average Bonchev–Trinajstić information content (AvgIpc) is 2.70. The molecule has 0 fully saturated rings. The maximum absolute atomic E-state index is 12.0. The summed E-state index contributed by atoms with van der Waals surface area (Å²) in [6, 6.07) is 0. The van der Waals surface area contributed by atoms with Crippen LogP contribution in [0.25, 0.3) is 0 Å². The molecule has 0 aromatic carbocycles. The molecule has 0 aliphatic heterocycles. The van der Waals surface area contributed by atoms with Gasteiger partial charge in [0.2, 0.25) is 5.89 Å². The van der Waals surface area contributed by atoms with E-state index in [1.54, 1.807) is 6.92 Å². The van der Waals surface area contributed by atoms with Gasteiger partial charge in [-0.25, -0.2) is 4.99 Å². The minimum absolute atomic E-state index is 0. The van der Waals surface area contributed by atoms with Gasteiger partial charge < -0.3 is 15.2 Å². The number of aliphatic imine (C=N–C) groups is 1. The van der Waals surface area contributed by atoms with Crippen LogP contribution in [0.4, 0.5) is 13.2 Å². The molecule has 0 amide bonds. The first-order valence-electron chi connectivity index (χ1n) is 5.79. The van der Waals surface area contributed by atoms with Gasteiger partial charge in [0.25, 0.3) is 0 Å². The molecule has 0 spiro atoms. The Hall–Kier alpha value is -1.07. The largest absolute Gasteiger partial charge is 0.390 e. The Morgan fingerprint density at radius 3 is 2.55 bits per heavy atom. The highest BCUT2D eigenvalue weighted by Crippen LogP contribution is 2.17. The summed E-state index contributed by atoms with van der Waals surface area (Å²) in [5, 5.41) is 9.06. The number of nitrogens with zero attached hydrogens (tertiary/aromatic N) is 3. The van der Waals surface area contributed by atoms with Crippen molar-refractivity contribution in [2.24, 2.45) is 4.99 Å². The van der Waals surface area contributed by atoms with E-state index in [4.69, 9.17) is 4.52 Å². The van der Waals surface area contributed by atoms with E-state index in [0.717, 1.165) is 0 Å². The summed E-state index contributed by atoms with van der Waals surface area (Å²) in [7, 11) is 0. The summed E-state index contributed by atoms with van der Waals surface area (Å²) in [4.78, 5) is 8.00. The van der Waals surface area contributed by atoms with E-state index in [1.165, 1.54) is 0 Å². The number of nitrogens with one attached hydrogen (secondary N) is 2. The molecule has 20 heavy (non-hydrogen) atoms. The topological polar surface area (TPSA) is 75.3 Å². The van der Waals surface area contributed by atoms with Crippen molar-refractivity contribution in [1.29, 1.82) is 0 Å². The highest BCUT2D eigenvalue weighted by Gasteiger charge is 2.26. The van der Waals surface area contributed by atoms with Gasteiger partial charge in [0, 0.05) is 20.0 Å². The molecule has 1 aromatic rings. The number of guanidine groups is 1.